The molecule has 2 rings (SSSR count). The van der Waals surface area contributed by atoms with Crippen LogP contribution in [0, 0.1) is 0 Å². The predicted octanol–water partition coefficient (Wildman–Crippen LogP) is 3.21. The van der Waals surface area contributed by atoms with E-state index in [-0.39, 0.29) is 6.04 Å². The molecule has 1 saturated heterocycles. The minimum absolute atomic E-state index is 0.0511. The van der Waals surface area contributed by atoms with Crippen molar-refractivity contribution >= 4 is 21.6 Å². The van der Waals surface area contributed by atoms with Gasteiger partial charge < -0.3 is 15.7 Å². The number of hydrogen-bond acceptors (Lipinski definition) is 3. The van der Waals surface area contributed by atoms with Gasteiger partial charge in [0, 0.05) is 23.6 Å². The quantitative estimate of drug-likeness (QED) is 0.877. The fraction of sp³-hybridized carbons (Fsp3) is 0.600. The number of rotatable bonds is 2. The fourth-order valence-electron chi connectivity index (χ4n) is 2.57. The summed E-state index contributed by atoms with van der Waals surface area (Å²) in [6, 6.07) is 6.37. The highest BCUT2D eigenvalue weighted by atomic mass is 79.9. The Kier molecular flexibility index (Phi) is 4.54. The summed E-state index contributed by atoms with van der Waals surface area (Å²) in [5.74, 6) is 0. The first-order chi connectivity index (χ1) is 8.89. The van der Waals surface area contributed by atoms with Gasteiger partial charge in [0.05, 0.1) is 11.3 Å². The van der Waals surface area contributed by atoms with E-state index in [0.717, 1.165) is 42.4 Å². The van der Waals surface area contributed by atoms with Crippen molar-refractivity contribution in [2.75, 3.05) is 18.0 Å². The Morgan fingerprint density at radius 2 is 2.11 bits per heavy atom. The second kappa shape index (κ2) is 5.81. The third kappa shape index (κ3) is 3.71. The number of aliphatic hydroxyl groups is 1. The van der Waals surface area contributed by atoms with Crippen LogP contribution in [-0.4, -0.2) is 23.8 Å². The van der Waals surface area contributed by atoms with E-state index in [1.807, 2.05) is 13.8 Å². The van der Waals surface area contributed by atoms with Crippen molar-refractivity contribution in [3.05, 3.63) is 28.2 Å². The lowest BCUT2D eigenvalue weighted by atomic mass is 9.98. The third-order valence-corrected chi connectivity index (χ3v) is 4.54. The van der Waals surface area contributed by atoms with Gasteiger partial charge in [0.2, 0.25) is 0 Å². The van der Waals surface area contributed by atoms with Crippen LogP contribution in [0.25, 0.3) is 0 Å². The largest absolute Gasteiger partial charge is 0.390 e. The summed E-state index contributed by atoms with van der Waals surface area (Å²) >= 11 is 3.65. The van der Waals surface area contributed by atoms with Crippen LogP contribution >= 0.6 is 15.9 Å². The molecule has 2 atom stereocenters. The van der Waals surface area contributed by atoms with Gasteiger partial charge >= 0.3 is 0 Å². The minimum atomic E-state index is -0.521. The van der Waals surface area contributed by atoms with Gasteiger partial charge in [-0.3, -0.25) is 0 Å². The molecule has 1 aliphatic heterocycles. The highest BCUT2D eigenvalue weighted by Gasteiger charge is 2.25. The molecule has 1 fully saturated rings. The summed E-state index contributed by atoms with van der Waals surface area (Å²) in [5, 5.41) is 10.2. The fourth-order valence-corrected chi connectivity index (χ4v) is 3.21. The van der Waals surface area contributed by atoms with Gasteiger partial charge in [-0.05, 0) is 66.7 Å². The van der Waals surface area contributed by atoms with E-state index in [0.29, 0.717) is 0 Å². The Balaban J connectivity index is 2.18. The second-order valence-electron chi connectivity index (χ2n) is 5.84. The summed E-state index contributed by atoms with van der Waals surface area (Å²) in [5.41, 5.74) is 7.72. The molecule has 1 aromatic rings. The minimum Gasteiger partial charge on any atom is -0.390 e. The predicted molar refractivity (Wildman–Crippen MR) is 83.4 cm³/mol. The number of anilines is 1. The number of halogens is 1. The molecule has 1 aliphatic rings. The van der Waals surface area contributed by atoms with E-state index in [1.165, 1.54) is 5.69 Å². The SMILES string of the molecule is C[C@@H](N)c1ccc(N2CCCC(C)(O)CC2)c(Br)c1. The van der Waals surface area contributed by atoms with E-state index < -0.39 is 5.60 Å². The molecule has 0 aliphatic carbocycles. The maximum Gasteiger partial charge on any atom is 0.0637 e. The standard InChI is InChI=1S/C15H23BrN2O/c1-11(17)12-4-5-14(13(16)10-12)18-8-3-6-15(2,19)7-9-18/h4-5,10-11,19H,3,6-9,17H2,1-2H3/t11-,15?/m1/s1. The lowest BCUT2D eigenvalue weighted by molar-refractivity contribution is 0.0481. The molecule has 106 valence electrons. The molecule has 4 heteroatoms. The molecule has 0 saturated carbocycles. The Bertz CT molecular complexity index is 446. The number of nitrogens with two attached hydrogens (primary N) is 1. The molecule has 3 N–H and O–H groups in total. The van der Waals surface area contributed by atoms with Crippen LogP contribution in [0.3, 0.4) is 0 Å². The first kappa shape index (κ1) is 14.8. The molecule has 1 unspecified atom stereocenters. The average Bonchev–Trinajstić information content (AvgIpc) is 2.50. The monoisotopic (exact) mass is 326 g/mol. The molecule has 1 heterocycles. The summed E-state index contributed by atoms with van der Waals surface area (Å²) in [4.78, 5) is 2.34. The lowest BCUT2D eigenvalue weighted by Crippen LogP contribution is -2.28. The van der Waals surface area contributed by atoms with Crippen molar-refractivity contribution in [2.45, 2.75) is 44.8 Å². The maximum atomic E-state index is 10.2. The van der Waals surface area contributed by atoms with E-state index in [9.17, 15) is 5.11 Å². The number of nitrogens with zero attached hydrogens (tertiary/aromatic N) is 1. The van der Waals surface area contributed by atoms with Crippen molar-refractivity contribution in [1.29, 1.82) is 0 Å². The molecule has 0 aromatic heterocycles. The van der Waals surface area contributed by atoms with Crippen LogP contribution in [0.5, 0.6) is 0 Å². The average molecular weight is 327 g/mol. The molecule has 3 nitrogen and oxygen atoms in total. The topological polar surface area (TPSA) is 49.5 Å². The van der Waals surface area contributed by atoms with Crippen molar-refractivity contribution in [3.8, 4) is 0 Å². The summed E-state index contributed by atoms with van der Waals surface area (Å²) < 4.78 is 1.09. The zero-order valence-corrected chi connectivity index (χ0v) is 13.3. The van der Waals surface area contributed by atoms with E-state index in [4.69, 9.17) is 5.73 Å². The highest BCUT2D eigenvalue weighted by molar-refractivity contribution is 9.10. The highest BCUT2D eigenvalue weighted by Crippen LogP contribution is 2.32. The van der Waals surface area contributed by atoms with Crippen LogP contribution in [-0.2, 0) is 0 Å². The summed E-state index contributed by atoms with van der Waals surface area (Å²) in [6.45, 7) is 5.81. The molecule has 0 amide bonds. The Morgan fingerprint density at radius 1 is 1.37 bits per heavy atom. The molecule has 0 bridgehead atoms. The summed E-state index contributed by atoms with van der Waals surface area (Å²) in [7, 11) is 0. The van der Waals surface area contributed by atoms with E-state index in [2.05, 4.69) is 39.0 Å². The van der Waals surface area contributed by atoms with Crippen molar-refractivity contribution in [1.82, 2.24) is 0 Å². The van der Waals surface area contributed by atoms with Crippen molar-refractivity contribution < 1.29 is 5.11 Å². The van der Waals surface area contributed by atoms with Gasteiger partial charge in [-0.2, -0.15) is 0 Å². The van der Waals surface area contributed by atoms with Crippen LogP contribution in [0.4, 0.5) is 5.69 Å². The Hall–Kier alpha value is -0.580. The van der Waals surface area contributed by atoms with Crippen LogP contribution in [0.1, 0.15) is 44.7 Å². The first-order valence-electron chi connectivity index (χ1n) is 6.91. The normalized spacial score (nSPS) is 26.1. The third-order valence-electron chi connectivity index (χ3n) is 3.90. The number of benzene rings is 1. The lowest BCUT2D eigenvalue weighted by Gasteiger charge is -2.25. The molecule has 0 radical (unpaired) electrons. The molecule has 19 heavy (non-hydrogen) atoms. The van der Waals surface area contributed by atoms with Gasteiger partial charge in [0.25, 0.3) is 0 Å². The molecule has 1 aromatic carbocycles. The van der Waals surface area contributed by atoms with E-state index in [1.54, 1.807) is 0 Å². The van der Waals surface area contributed by atoms with Crippen LogP contribution < -0.4 is 10.6 Å². The molecular formula is C15H23BrN2O. The van der Waals surface area contributed by atoms with Crippen molar-refractivity contribution in [3.63, 3.8) is 0 Å². The zero-order valence-electron chi connectivity index (χ0n) is 11.7. The Morgan fingerprint density at radius 3 is 2.74 bits per heavy atom. The van der Waals surface area contributed by atoms with Gasteiger partial charge in [-0.1, -0.05) is 6.07 Å². The number of hydrogen-bond donors (Lipinski definition) is 2. The smallest absolute Gasteiger partial charge is 0.0637 e. The Labute approximate surface area is 123 Å². The van der Waals surface area contributed by atoms with E-state index >= 15 is 0 Å². The van der Waals surface area contributed by atoms with Gasteiger partial charge in [-0.15, -0.1) is 0 Å². The van der Waals surface area contributed by atoms with Gasteiger partial charge in [0.1, 0.15) is 0 Å². The van der Waals surface area contributed by atoms with Crippen LogP contribution in [0.15, 0.2) is 22.7 Å². The molecule has 0 spiro atoms. The van der Waals surface area contributed by atoms with Gasteiger partial charge in [-0.25, -0.2) is 0 Å². The van der Waals surface area contributed by atoms with Crippen LogP contribution in [0.2, 0.25) is 0 Å². The second-order valence-corrected chi connectivity index (χ2v) is 6.69. The van der Waals surface area contributed by atoms with Gasteiger partial charge in [0.15, 0.2) is 0 Å². The molecular weight excluding hydrogens is 304 g/mol. The van der Waals surface area contributed by atoms with Crippen molar-refractivity contribution in [2.24, 2.45) is 5.73 Å². The maximum absolute atomic E-state index is 10.2. The first-order valence-corrected chi connectivity index (χ1v) is 7.71. The zero-order chi connectivity index (χ0) is 14.0. The summed E-state index contributed by atoms with van der Waals surface area (Å²) in [6.07, 6.45) is 2.71.